The minimum Gasteiger partial charge on any atom is -0.450 e. The number of nitro groups is 1. The molecule has 0 amide bonds. The monoisotopic (exact) mass is 203 g/mol. The van der Waals surface area contributed by atoms with Gasteiger partial charge in [0.05, 0.1) is 6.61 Å². The molecule has 0 aromatic carbocycles. The van der Waals surface area contributed by atoms with Gasteiger partial charge in [-0.2, -0.15) is 0 Å². The van der Waals surface area contributed by atoms with Crippen LogP contribution in [0.1, 0.15) is 25.7 Å². The Morgan fingerprint density at radius 1 is 1.43 bits per heavy atom. The Hall–Kier alpha value is -1.33. The van der Waals surface area contributed by atoms with Crippen LogP contribution in [0.4, 0.5) is 4.79 Å². The molecule has 0 radical (unpaired) electrons. The summed E-state index contributed by atoms with van der Waals surface area (Å²) < 4.78 is 4.42. The third-order valence-electron chi connectivity index (χ3n) is 2.56. The number of nitrogens with zero attached hydrogens (tertiary/aromatic N) is 1. The molecule has 80 valence electrons. The SMILES string of the molecule is O=C(O)OCC1CCC([N+](=O)[O-])CC1. The Kier molecular flexibility index (Phi) is 3.67. The van der Waals surface area contributed by atoms with Crippen molar-refractivity contribution in [1.82, 2.24) is 0 Å². The predicted molar refractivity (Wildman–Crippen MR) is 46.7 cm³/mol. The van der Waals surface area contributed by atoms with Crippen LogP contribution in [-0.4, -0.2) is 28.8 Å². The quantitative estimate of drug-likeness (QED) is 0.426. The number of rotatable bonds is 3. The Balaban J connectivity index is 2.22. The summed E-state index contributed by atoms with van der Waals surface area (Å²) in [6.45, 7) is 0.166. The van der Waals surface area contributed by atoms with Crippen molar-refractivity contribution in [3.8, 4) is 0 Å². The lowest BCUT2D eigenvalue weighted by Crippen LogP contribution is -2.28. The van der Waals surface area contributed by atoms with Crippen LogP contribution in [-0.2, 0) is 4.74 Å². The van der Waals surface area contributed by atoms with Crippen LogP contribution in [0, 0.1) is 16.0 Å². The summed E-state index contributed by atoms with van der Waals surface area (Å²) in [5.74, 6) is 0.155. The second kappa shape index (κ2) is 4.78. The van der Waals surface area contributed by atoms with Crippen LogP contribution in [0.25, 0.3) is 0 Å². The Morgan fingerprint density at radius 3 is 2.43 bits per heavy atom. The van der Waals surface area contributed by atoms with E-state index < -0.39 is 12.2 Å². The molecule has 0 bridgehead atoms. The smallest absolute Gasteiger partial charge is 0.450 e. The number of carbonyl (C=O) groups is 1. The molecule has 0 unspecified atom stereocenters. The van der Waals surface area contributed by atoms with Gasteiger partial charge >= 0.3 is 6.16 Å². The van der Waals surface area contributed by atoms with Gasteiger partial charge in [0.15, 0.2) is 0 Å². The van der Waals surface area contributed by atoms with E-state index in [1.165, 1.54) is 0 Å². The number of ether oxygens (including phenoxy) is 1. The molecule has 0 aliphatic heterocycles. The third kappa shape index (κ3) is 3.20. The summed E-state index contributed by atoms with van der Waals surface area (Å²) >= 11 is 0. The van der Waals surface area contributed by atoms with Crippen molar-refractivity contribution in [1.29, 1.82) is 0 Å². The van der Waals surface area contributed by atoms with Crippen molar-refractivity contribution in [2.24, 2.45) is 5.92 Å². The molecule has 6 heteroatoms. The summed E-state index contributed by atoms with van der Waals surface area (Å²) in [6, 6.07) is -0.448. The van der Waals surface area contributed by atoms with E-state index in [-0.39, 0.29) is 17.4 Å². The summed E-state index contributed by atoms with van der Waals surface area (Å²) in [7, 11) is 0. The van der Waals surface area contributed by atoms with Crippen molar-refractivity contribution in [2.45, 2.75) is 31.7 Å². The molecule has 0 saturated heterocycles. The third-order valence-corrected chi connectivity index (χ3v) is 2.56. The fraction of sp³-hybridized carbons (Fsp3) is 0.875. The van der Waals surface area contributed by atoms with E-state index in [9.17, 15) is 14.9 Å². The van der Waals surface area contributed by atoms with E-state index in [1.54, 1.807) is 0 Å². The van der Waals surface area contributed by atoms with E-state index in [1.807, 2.05) is 0 Å². The highest BCUT2D eigenvalue weighted by atomic mass is 16.7. The van der Waals surface area contributed by atoms with Gasteiger partial charge in [0.2, 0.25) is 6.04 Å². The van der Waals surface area contributed by atoms with Gasteiger partial charge in [0, 0.05) is 17.8 Å². The molecule has 1 aliphatic carbocycles. The zero-order valence-corrected chi connectivity index (χ0v) is 7.72. The van der Waals surface area contributed by atoms with Crippen molar-refractivity contribution < 1.29 is 19.6 Å². The molecule has 0 atom stereocenters. The fourth-order valence-corrected chi connectivity index (χ4v) is 1.71. The first-order valence-electron chi connectivity index (χ1n) is 4.59. The Labute approximate surface area is 81.0 Å². The molecule has 1 aliphatic rings. The van der Waals surface area contributed by atoms with Crippen LogP contribution in [0.15, 0.2) is 0 Å². The zero-order chi connectivity index (χ0) is 10.6. The lowest BCUT2D eigenvalue weighted by atomic mass is 9.87. The average Bonchev–Trinajstić information content (AvgIpc) is 2.15. The van der Waals surface area contributed by atoms with E-state index in [0.29, 0.717) is 25.7 Å². The standard InChI is InChI=1S/C8H13NO5/c10-8(11)14-5-6-1-3-7(4-2-6)9(12)13/h6-7H,1-5H2,(H,10,11). The second-order valence-electron chi connectivity index (χ2n) is 3.54. The molecule has 0 aromatic heterocycles. The first-order chi connectivity index (χ1) is 6.59. The van der Waals surface area contributed by atoms with Crippen molar-refractivity contribution in [3.05, 3.63) is 10.1 Å². The van der Waals surface area contributed by atoms with Crippen LogP contribution in [0.3, 0.4) is 0 Å². The van der Waals surface area contributed by atoms with E-state index in [4.69, 9.17) is 5.11 Å². The van der Waals surface area contributed by atoms with Gasteiger partial charge in [-0.3, -0.25) is 10.1 Å². The fourth-order valence-electron chi connectivity index (χ4n) is 1.71. The summed E-state index contributed by atoms with van der Waals surface area (Å²) in [5.41, 5.74) is 0. The number of hydrogen-bond donors (Lipinski definition) is 1. The molecule has 1 fully saturated rings. The van der Waals surface area contributed by atoms with Crippen molar-refractivity contribution in [2.75, 3.05) is 6.61 Å². The van der Waals surface area contributed by atoms with E-state index in [2.05, 4.69) is 4.74 Å². The lowest BCUT2D eigenvalue weighted by molar-refractivity contribution is -0.527. The van der Waals surface area contributed by atoms with Crippen molar-refractivity contribution >= 4 is 6.16 Å². The zero-order valence-electron chi connectivity index (χ0n) is 7.72. The lowest BCUT2D eigenvalue weighted by Gasteiger charge is -2.22. The summed E-state index contributed by atoms with van der Waals surface area (Å²) in [5, 5.41) is 18.7. The molecule has 1 saturated carbocycles. The van der Waals surface area contributed by atoms with Gasteiger partial charge in [-0.25, -0.2) is 4.79 Å². The highest BCUT2D eigenvalue weighted by molar-refractivity contribution is 5.56. The molecule has 1 N–H and O–H groups in total. The number of hydrogen-bond acceptors (Lipinski definition) is 4. The van der Waals surface area contributed by atoms with E-state index >= 15 is 0 Å². The molecule has 14 heavy (non-hydrogen) atoms. The molecule has 0 aromatic rings. The summed E-state index contributed by atoms with van der Waals surface area (Å²) in [4.78, 5) is 20.2. The average molecular weight is 203 g/mol. The minimum absolute atomic E-state index is 0.155. The molecule has 1 rings (SSSR count). The van der Waals surface area contributed by atoms with Gasteiger partial charge in [-0.15, -0.1) is 0 Å². The highest BCUT2D eigenvalue weighted by Gasteiger charge is 2.28. The van der Waals surface area contributed by atoms with E-state index in [0.717, 1.165) is 0 Å². The normalized spacial score (nSPS) is 26.9. The van der Waals surface area contributed by atoms with Crippen LogP contribution in [0.2, 0.25) is 0 Å². The summed E-state index contributed by atoms with van der Waals surface area (Å²) in [6.07, 6.45) is 1.14. The maximum atomic E-state index is 10.4. The molecular formula is C8H13NO5. The van der Waals surface area contributed by atoms with Gasteiger partial charge in [-0.05, 0) is 18.8 Å². The van der Waals surface area contributed by atoms with Crippen molar-refractivity contribution in [3.63, 3.8) is 0 Å². The molecule has 0 spiro atoms. The first kappa shape index (κ1) is 10.7. The maximum absolute atomic E-state index is 10.4. The van der Waals surface area contributed by atoms with Gasteiger partial charge in [0.1, 0.15) is 0 Å². The van der Waals surface area contributed by atoms with Crippen LogP contribution < -0.4 is 0 Å². The molecular weight excluding hydrogens is 190 g/mol. The molecule has 0 heterocycles. The van der Waals surface area contributed by atoms with Crippen LogP contribution >= 0.6 is 0 Å². The Bertz CT molecular complexity index is 222. The second-order valence-corrected chi connectivity index (χ2v) is 3.54. The van der Waals surface area contributed by atoms with Gasteiger partial charge in [-0.1, -0.05) is 0 Å². The van der Waals surface area contributed by atoms with Crippen LogP contribution in [0.5, 0.6) is 0 Å². The number of carboxylic acid groups (broad SMARTS) is 1. The largest absolute Gasteiger partial charge is 0.505 e. The predicted octanol–water partition coefficient (Wildman–Crippen LogP) is 1.52. The van der Waals surface area contributed by atoms with Gasteiger partial charge < -0.3 is 9.84 Å². The van der Waals surface area contributed by atoms with Gasteiger partial charge in [0.25, 0.3) is 0 Å². The minimum atomic E-state index is -1.28. The topological polar surface area (TPSA) is 89.7 Å². The Morgan fingerprint density at radius 2 is 2.00 bits per heavy atom. The highest BCUT2D eigenvalue weighted by Crippen LogP contribution is 2.25. The first-order valence-corrected chi connectivity index (χ1v) is 4.59. The maximum Gasteiger partial charge on any atom is 0.505 e. The molecule has 6 nitrogen and oxygen atoms in total.